The summed E-state index contributed by atoms with van der Waals surface area (Å²) < 4.78 is 0. The molecule has 0 radical (unpaired) electrons. The van der Waals surface area contributed by atoms with E-state index in [0.717, 1.165) is 25.9 Å². The fraction of sp³-hybridized carbons (Fsp3) is 0.750. The Hall–Kier alpha value is -1.10. The SMILES string of the molecule is CCCNc1nc(Cl)nc(NCCC(C)(C)C)n1. The molecule has 1 rings (SSSR count). The van der Waals surface area contributed by atoms with Crippen molar-refractivity contribution in [1.29, 1.82) is 0 Å². The van der Waals surface area contributed by atoms with Crippen molar-refractivity contribution in [2.24, 2.45) is 5.41 Å². The van der Waals surface area contributed by atoms with E-state index in [1.54, 1.807) is 0 Å². The molecular weight excluding hydrogens is 250 g/mol. The molecule has 5 nitrogen and oxygen atoms in total. The average Bonchev–Trinajstić information content (AvgIpc) is 2.24. The second-order valence-electron chi connectivity index (χ2n) is 5.42. The number of aromatic nitrogens is 3. The van der Waals surface area contributed by atoms with E-state index in [0.29, 0.717) is 11.9 Å². The van der Waals surface area contributed by atoms with Crippen molar-refractivity contribution in [1.82, 2.24) is 15.0 Å². The molecule has 1 heterocycles. The van der Waals surface area contributed by atoms with Crippen molar-refractivity contribution in [3.8, 4) is 0 Å². The summed E-state index contributed by atoms with van der Waals surface area (Å²) in [5.74, 6) is 1.05. The molecule has 0 amide bonds. The van der Waals surface area contributed by atoms with Crippen molar-refractivity contribution >= 4 is 23.5 Å². The lowest BCUT2D eigenvalue weighted by Gasteiger charge is -2.18. The van der Waals surface area contributed by atoms with E-state index in [1.807, 2.05) is 0 Å². The number of nitrogens with one attached hydrogen (secondary N) is 2. The highest BCUT2D eigenvalue weighted by atomic mass is 35.5. The second-order valence-corrected chi connectivity index (χ2v) is 5.75. The van der Waals surface area contributed by atoms with E-state index < -0.39 is 0 Å². The lowest BCUT2D eigenvalue weighted by Crippen LogP contribution is -2.15. The molecular formula is C12H22ClN5. The summed E-state index contributed by atoms with van der Waals surface area (Å²) in [5, 5.41) is 6.48. The van der Waals surface area contributed by atoms with Gasteiger partial charge in [-0.15, -0.1) is 0 Å². The number of rotatable bonds is 6. The van der Waals surface area contributed by atoms with Gasteiger partial charge in [0.25, 0.3) is 0 Å². The third kappa shape index (κ3) is 6.00. The number of hydrogen-bond acceptors (Lipinski definition) is 5. The van der Waals surface area contributed by atoms with Crippen LogP contribution in [-0.2, 0) is 0 Å². The molecule has 0 saturated carbocycles. The van der Waals surface area contributed by atoms with Crippen molar-refractivity contribution in [2.45, 2.75) is 40.5 Å². The van der Waals surface area contributed by atoms with Gasteiger partial charge in [0.1, 0.15) is 0 Å². The van der Waals surface area contributed by atoms with Gasteiger partial charge < -0.3 is 10.6 Å². The first kappa shape index (κ1) is 15.0. The predicted octanol–water partition coefficient (Wildman–Crippen LogP) is 3.20. The Bertz CT molecular complexity index is 375. The molecule has 0 aliphatic rings. The minimum atomic E-state index is 0.210. The van der Waals surface area contributed by atoms with Crippen LogP contribution >= 0.6 is 11.6 Å². The largest absolute Gasteiger partial charge is 0.354 e. The van der Waals surface area contributed by atoms with Crippen LogP contribution in [-0.4, -0.2) is 28.0 Å². The van der Waals surface area contributed by atoms with Gasteiger partial charge in [-0.25, -0.2) is 0 Å². The molecule has 0 fully saturated rings. The van der Waals surface area contributed by atoms with E-state index in [-0.39, 0.29) is 10.7 Å². The highest BCUT2D eigenvalue weighted by molar-refractivity contribution is 6.28. The van der Waals surface area contributed by atoms with Crippen LogP contribution in [0.5, 0.6) is 0 Å². The van der Waals surface area contributed by atoms with Crippen molar-refractivity contribution in [3.63, 3.8) is 0 Å². The highest BCUT2D eigenvalue weighted by Crippen LogP contribution is 2.18. The standard InChI is InChI=1S/C12H22ClN5/c1-5-7-14-10-16-9(13)17-11(18-10)15-8-6-12(2,3)4/h5-8H2,1-4H3,(H2,14,15,16,17,18). The molecule has 0 aliphatic carbocycles. The van der Waals surface area contributed by atoms with Crippen LogP contribution in [0.3, 0.4) is 0 Å². The van der Waals surface area contributed by atoms with E-state index in [4.69, 9.17) is 11.6 Å². The number of halogens is 1. The molecule has 1 aromatic rings. The average molecular weight is 272 g/mol. The Morgan fingerprint density at radius 2 is 1.56 bits per heavy atom. The maximum Gasteiger partial charge on any atom is 0.228 e. The lowest BCUT2D eigenvalue weighted by molar-refractivity contribution is 0.389. The molecule has 102 valence electrons. The molecule has 0 aliphatic heterocycles. The van der Waals surface area contributed by atoms with Crippen LogP contribution in [0.1, 0.15) is 40.5 Å². The zero-order chi connectivity index (χ0) is 13.6. The summed E-state index contributed by atoms with van der Waals surface area (Å²) in [6.07, 6.45) is 2.05. The van der Waals surface area contributed by atoms with Crippen LogP contribution in [0.2, 0.25) is 5.28 Å². The number of nitrogens with zero attached hydrogens (tertiary/aromatic N) is 3. The minimum Gasteiger partial charge on any atom is -0.354 e. The summed E-state index contributed by atoms with van der Waals surface area (Å²) in [6.45, 7) is 10.3. The zero-order valence-electron chi connectivity index (χ0n) is 11.5. The van der Waals surface area contributed by atoms with Crippen LogP contribution < -0.4 is 10.6 Å². The molecule has 0 bridgehead atoms. The number of anilines is 2. The fourth-order valence-corrected chi connectivity index (χ4v) is 1.45. The lowest BCUT2D eigenvalue weighted by atomic mass is 9.92. The van der Waals surface area contributed by atoms with E-state index >= 15 is 0 Å². The van der Waals surface area contributed by atoms with Crippen LogP contribution in [0, 0.1) is 5.41 Å². The van der Waals surface area contributed by atoms with Gasteiger partial charge in [0, 0.05) is 13.1 Å². The van der Waals surface area contributed by atoms with Crippen LogP contribution in [0.4, 0.5) is 11.9 Å². The molecule has 18 heavy (non-hydrogen) atoms. The van der Waals surface area contributed by atoms with Gasteiger partial charge in [-0.05, 0) is 29.9 Å². The van der Waals surface area contributed by atoms with Gasteiger partial charge in [0.15, 0.2) is 0 Å². The van der Waals surface area contributed by atoms with Crippen molar-refractivity contribution < 1.29 is 0 Å². The molecule has 0 unspecified atom stereocenters. The Morgan fingerprint density at radius 3 is 2.06 bits per heavy atom. The third-order valence-electron chi connectivity index (χ3n) is 2.30. The molecule has 0 saturated heterocycles. The molecule has 2 N–H and O–H groups in total. The maximum atomic E-state index is 5.86. The van der Waals surface area contributed by atoms with Gasteiger partial charge in [-0.2, -0.15) is 15.0 Å². The molecule has 0 atom stereocenters. The Morgan fingerprint density at radius 1 is 1.00 bits per heavy atom. The molecule has 0 spiro atoms. The van der Waals surface area contributed by atoms with Crippen molar-refractivity contribution in [3.05, 3.63) is 5.28 Å². The fourth-order valence-electron chi connectivity index (χ4n) is 1.29. The van der Waals surface area contributed by atoms with Gasteiger partial charge in [0.05, 0.1) is 0 Å². The van der Waals surface area contributed by atoms with Gasteiger partial charge in [-0.3, -0.25) is 0 Å². The summed E-state index contributed by atoms with van der Waals surface area (Å²) in [4.78, 5) is 12.3. The zero-order valence-corrected chi connectivity index (χ0v) is 12.3. The van der Waals surface area contributed by atoms with E-state index in [9.17, 15) is 0 Å². The Kier molecular flexibility index (Phi) is 5.59. The Balaban J connectivity index is 2.57. The normalized spacial score (nSPS) is 11.4. The summed E-state index contributed by atoms with van der Waals surface area (Å²) in [5.41, 5.74) is 0.285. The molecule has 6 heteroatoms. The van der Waals surface area contributed by atoms with Gasteiger partial charge in [0.2, 0.25) is 17.2 Å². The first-order valence-electron chi connectivity index (χ1n) is 6.30. The second kappa shape index (κ2) is 6.73. The minimum absolute atomic E-state index is 0.210. The summed E-state index contributed by atoms with van der Waals surface area (Å²) >= 11 is 5.86. The monoisotopic (exact) mass is 271 g/mol. The molecule has 1 aromatic heterocycles. The first-order valence-corrected chi connectivity index (χ1v) is 6.68. The molecule has 0 aromatic carbocycles. The van der Waals surface area contributed by atoms with E-state index in [2.05, 4.69) is 53.3 Å². The van der Waals surface area contributed by atoms with Crippen LogP contribution in [0.15, 0.2) is 0 Å². The Labute approximate surface area is 114 Å². The van der Waals surface area contributed by atoms with Gasteiger partial charge in [-0.1, -0.05) is 27.7 Å². The topological polar surface area (TPSA) is 62.7 Å². The van der Waals surface area contributed by atoms with Crippen molar-refractivity contribution in [2.75, 3.05) is 23.7 Å². The highest BCUT2D eigenvalue weighted by Gasteiger charge is 2.10. The first-order chi connectivity index (χ1) is 8.40. The quantitative estimate of drug-likeness (QED) is 0.832. The van der Waals surface area contributed by atoms with E-state index in [1.165, 1.54) is 0 Å². The summed E-state index contributed by atoms with van der Waals surface area (Å²) in [6, 6.07) is 0. The van der Waals surface area contributed by atoms with Crippen LogP contribution in [0.25, 0.3) is 0 Å². The van der Waals surface area contributed by atoms with Gasteiger partial charge >= 0.3 is 0 Å². The predicted molar refractivity (Wildman–Crippen MR) is 76.2 cm³/mol. The summed E-state index contributed by atoms with van der Waals surface area (Å²) in [7, 11) is 0. The smallest absolute Gasteiger partial charge is 0.228 e. The third-order valence-corrected chi connectivity index (χ3v) is 2.47. The number of hydrogen-bond donors (Lipinski definition) is 2. The maximum absolute atomic E-state index is 5.86.